The van der Waals surface area contributed by atoms with Crippen molar-refractivity contribution in [1.82, 2.24) is 26.0 Å². The average Bonchev–Trinajstić information content (AvgIpc) is 3.20. The highest BCUT2D eigenvalue weighted by molar-refractivity contribution is 7.99. The van der Waals surface area contributed by atoms with E-state index < -0.39 is 0 Å². The van der Waals surface area contributed by atoms with E-state index >= 15 is 0 Å². The molecule has 3 rings (SSSR count). The maximum Gasteiger partial charge on any atom is 0.248 e. The number of halogens is 1. The van der Waals surface area contributed by atoms with Gasteiger partial charge < -0.3 is 4.74 Å². The van der Waals surface area contributed by atoms with Gasteiger partial charge in [0.25, 0.3) is 0 Å². The third kappa shape index (κ3) is 5.97. The summed E-state index contributed by atoms with van der Waals surface area (Å²) in [6.07, 6.45) is 0.181. The first-order valence-electron chi connectivity index (χ1n) is 8.56. The van der Waals surface area contributed by atoms with Crippen LogP contribution in [0.2, 0.25) is 5.02 Å². The zero-order chi connectivity index (χ0) is 20.6. The standard InChI is InChI=1S/C19H18ClN5O3S/c1-28-15-8-7-13(20)10-14(15)18-21-19(25-24-18)29-11-17(27)23-22-16(26)9-12-5-3-2-4-6-12/h2-8,10H,9,11H2,1H3,(H,22,26)(H,23,27)(H,21,24,25). The number of ether oxygens (including phenoxy) is 1. The Kier molecular flexibility index (Phi) is 7.09. The predicted octanol–water partition coefficient (Wildman–Crippen LogP) is 2.62. The van der Waals surface area contributed by atoms with Gasteiger partial charge in [0, 0.05) is 5.02 Å². The topological polar surface area (TPSA) is 109 Å². The van der Waals surface area contributed by atoms with Crippen LogP contribution in [0.5, 0.6) is 5.75 Å². The summed E-state index contributed by atoms with van der Waals surface area (Å²) in [6.45, 7) is 0. The molecule has 0 atom stereocenters. The molecule has 0 unspecified atom stereocenters. The van der Waals surface area contributed by atoms with Crippen molar-refractivity contribution in [2.75, 3.05) is 12.9 Å². The number of amides is 2. The summed E-state index contributed by atoms with van der Waals surface area (Å²) < 4.78 is 5.30. The Balaban J connectivity index is 1.49. The number of rotatable bonds is 7. The van der Waals surface area contributed by atoms with Crippen molar-refractivity contribution in [1.29, 1.82) is 0 Å². The van der Waals surface area contributed by atoms with Crippen LogP contribution in [0.25, 0.3) is 11.4 Å². The van der Waals surface area contributed by atoms with E-state index in [2.05, 4.69) is 26.0 Å². The summed E-state index contributed by atoms with van der Waals surface area (Å²) in [5, 5.41) is 7.81. The molecule has 29 heavy (non-hydrogen) atoms. The molecule has 0 fully saturated rings. The lowest BCUT2D eigenvalue weighted by molar-refractivity contribution is -0.127. The number of hydrazine groups is 1. The van der Waals surface area contributed by atoms with E-state index in [-0.39, 0.29) is 24.0 Å². The molecule has 150 valence electrons. The summed E-state index contributed by atoms with van der Waals surface area (Å²) >= 11 is 7.16. The van der Waals surface area contributed by atoms with Gasteiger partial charge in [0.1, 0.15) is 5.75 Å². The fraction of sp³-hybridized carbons (Fsp3) is 0.158. The molecule has 0 bridgehead atoms. The maximum atomic E-state index is 11.9. The zero-order valence-corrected chi connectivity index (χ0v) is 17.0. The molecule has 1 aromatic heterocycles. The first-order valence-corrected chi connectivity index (χ1v) is 9.92. The monoisotopic (exact) mass is 431 g/mol. The maximum absolute atomic E-state index is 11.9. The van der Waals surface area contributed by atoms with E-state index in [1.54, 1.807) is 25.3 Å². The van der Waals surface area contributed by atoms with Gasteiger partial charge in [-0.2, -0.15) is 0 Å². The van der Waals surface area contributed by atoms with E-state index in [9.17, 15) is 9.59 Å². The van der Waals surface area contributed by atoms with Gasteiger partial charge in [0.05, 0.1) is 24.8 Å². The molecular weight excluding hydrogens is 414 g/mol. The van der Waals surface area contributed by atoms with Gasteiger partial charge in [-0.1, -0.05) is 53.7 Å². The lowest BCUT2D eigenvalue weighted by atomic mass is 10.1. The van der Waals surface area contributed by atoms with Crippen LogP contribution >= 0.6 is 23.4 Å². The fourth-order valence-corrected chi connectivity index (χ4v) is 3.20. The molecule has 0 spiro atoms. The van der Waals surface area contributed by atoms with Crippen LogP contribution in [0, 0.1) is 0 Å². The minimum atomic E-state index is -0.372. The number of carbonyl (C=O) groups is 2. The molecule has 0 aliphatic carbocycles. The Morgan fingerprint density at radius 3 is 2.66 bits per heavy atom. The molecule has 0 saturated heterocycles. The van der Waals surface area contributed by atoms with Gasteiger partial charge in [0.15, 0.2) is 5.82 Å². The van der Waals surface area contributed by atoms with Crippen molar-refractivity contribution in [2.24, 2.45) is 0 Å². The second-order valence-corrected chi connectivity index (χ2v) is 7.24. The number of aromatic amines is 1. The third-order valence-corrected chi connectivity index (χ3v) is 4.85. The van der Waals surface area contributed by atoms with E-state index in [1.165, 1.54) is 0 Å². The van der Waals surface area contributed by atoms with Crippen LogP contribution in [0.3, 0.4) is 0 Å². The van der Waals surface area contributed by atoms with Gasteiger partial charge in [-0.05, 0) is 23.8 Å². The molecular formula is C19H18ClN5O3S. The minimum absolute atomic E-state index is 0.0373. The van der Waals surface area contributed by atoms with Crippen LogP contribution in [0.15, 0.2) is 53.7 Å². The van der Waals surface area contributed by atoms with Gasteiger partial charge in [-0.15, -0.1) is 5.10 Å². The molecule has 0 aliphatic rings. The number of aromatic nitrogens is 3. The number of carbonyl (C=O) groups excluding carboxylic acids is 2. The second kappa shape index (κ2) is 9.94. The Morgan fingerprint density at radius 1 is 1.14 bits per heavy atom. The molecule has 2 amide bonds. The van der Waals surface area contributed by atoms with E-state index in [0.717, 1.165) is 17.3 Å². The van der Waals surface area contributed by atoms with Crippen LogP contribution < -0.4 is 15.6 Å². The number of benzene rings is 2. The summed E-state index contributed by atoms with van der Waals surface area (Å²) in [6, 6.07) is 14.4. The quantitative estimate of drug-likeness (QED) is 0.392. The fourth-order valence-electron chi connectivity index (χ4n) is 2.43. The summed E-state index contributed by atoms with van der Waals surface area (Å²) in [4.78, 5) is 28.1. The normalized spacial score (nSPS) is 10.4. The van der Waals surface area contributed by atoms with Crippen LogP contribution in [0.1, 0.15) is 5.56 Å². The number of hydrogen-bond acceptors (Lipinski definition) is 6. The largest absolute Gasteiger partial charge is 0.496 e. The van der Waals surface area contributed by atoms with Crippen molar-refractivity contribution in [2.45, 2.75) is 11.6 Å². The van der Waals surface area contributed by atoms with Gasteiger partial charge in [0.2, 0.25) is 17.0 Å². The van der Waals surface area contributed by atoms with Gasteiger partial charge in [-0.3, -0.25) is 25.5 Å². The molecule has 10 heteroatoms. The average molecular weight is 432 g/mol. The van der Waals surface area contributed by atoms with E-state index in [1.807, 2.05) is 30.3 Å². The van der Waals surface area contributed by atoms with E-state index in [4.69, 9.17) is 16.3 Å². The van der Waals surface area contributed by atoms with Crippen LogP contribution in [-0.4, -0.2) is 39.9 Å². The molecule has 3 aromatic rings. The van der Waals surface area contributed by atoms with Crippen LogP contribution in [0.4, 0.5) is 0 Å². The third-order valence-electron chi connectivity index (χ3n) is 3.76. The van der Waals surface area contributed by atoms with Crippen LogP contribution in [-0.2, 0) is 16.0 Å². The number of nitrogens with zero attached hydrogens (tertiary/aromatic N) is 2. The lowest BCUT2D eigenvalue weighted by Gasteiger charge is -2.06. The number of nitrogens with one attached hydrogen (secondary N) is 3. The molecule has 0 radical (unpaired) electrons. The van der Waals surface area contributed by atoms with Gasteiger partial charge >= 0.3 is 0 Å². The van der Waals surface area contributed by atoms with E-state index in [0.29, 0.717) is 27.3 Å². The Bertz CT molecular complexity index is 997. The van der Waals surface area contributed by atoms with Crippen molar-refractivity contribution in [3.05, 3.63) is 59.1 Å². The predicted molar refractivity (Wildman–Crippen MR) is 111 cm³/mol. The highest BCUT2D eigenvalue weighted by atomic mass is 35.5. The molecule has 0 aliphatic heterocycles. The highest BCUT2D eigenvalue weighted by Gasteiger charge is 2.13. The molecule has 3 N–H and O–H groups in total. The second-order valence-electron chi connectivity index (χ2n) is 5.86. The first kappa shape index (κ1) is 20.7. The Morgan fingerprint density at radius 2 is 1.90 bits per heavy atom. The minimum Gasteiger partial charge on any atom is -0.496 e. The number of thioether (sulfide) groups is 1. The van der Waals surface area contributed by atoms with Crippen molar-refractivity contribution in [3.8, 4) is 17.1 Å². The summed E-state index contributed by atoms with van der Waals surface area (Å²) in [5.41, 5.74) is 6.29. The Hall–Kier alpha value is -3.04. The molecule has 1 heterocycles. The smallest absolute Gasteiger partial charge is 0.248 e. The SMILES string of the molecule is COc1ccc(Cl)cc1-c1nc(SCC(=O)NNC(=O)Cc2ccccc2)n[nH]1. The first-order chi connectivity index (χ1) is 14.0. The Labute approximate surface area is 176 Å². The summed E-state index contributed by atoms with van der Waals surface area (Å²) in [5.74, 6) is 0.436. The van der Waals surface area contributed by atoms with Gasteiger partial charge in [-0.25, -0.2) is 4.98 Å². The van der Waals surface area contributed by atoms with Crippen molar-refractivity contribution < 1.29 is 14.3 Å². The molecule has 2 aromatic carbocycles. The lowest BCUT2D eigenvalue weighted by Crippen LogP contribution is -2.43. The number of methoxy groups -OCH3 is 1. The number of hydrogen-bond donors (Lipinski definition) is 3. The summed E-state index contributed by atoms with van der Waals surface area (Å²) in [7, 11) is 1.55. The highest BCUT2D eigenvalue weighted by Crippen LogP contribution is 2.31. The van der Waals surface area contributed by atoms with Crippen molar-refractivity contribution in [3.63, 3.8) is 0 Å². The zero-order valence-electron chi connectivity index (χ0n) is 15.4. The molecule has 0 saturated carbocycles. The van der Waals surface area contributed by atoms with Crippen molar-refractivity contribution >= 4 is 35.2 Å². The number of H-pyrrole nitrogens is 1. The molecule has 8 nitrogen and oxygen atoms in total.